The van der Waals surface area contributed by atoms with E-state index in [1.54, 1.807) is 0 Å². The number of benzene rings is 2. The summed E-state index contributed by atoms with van der Waals surface area (Å²) in [4.78, 5) is 33.9. The second-order valence-electron chi connectivity index (χ2n) is 6.84. The number of rotatable bonds is 2. The molecule has 2 amide bonds. The first kappa shape index (κ1) is 15.6. The fraction of sp³-hybridized carbons (Fsp3) is 0.0909. The summed E-state index contributed by atoms with van der Waals surface area (Å²) in [5.74, 6) is -0.544. The molecule has 0 saturated heterocycles. The maximum atomic E-state index is 13.1. The summed E-state index contributed by atoms with van der Waals surface area (Å²) in [5.41, 5.74) is 5.23. The molecule has 5 heteroatoms. The zero-order valence-corrected chi connectivity index (χ0v) is 15.0. The van der Waals surface area contributed by atoms with Gasteiger partial charge in [0.1, 0.15) is 0 Å². The molecule has 5 nitrogen and oxygen atoms in total. The highest BCUT2D eigenvalue weighted by Crippen LogP contribution is 2.41. The first-order valence-electron chi connectivity index (χ1n) is 8.78. The summed E-state index contributed by atoms with van der Waals surface area (Å²) >= 11 is 0. The first-order chi connectivity index (χ1) is 13.1. The number of fused-ring (bicyclic) bond motifs is 2. The normalized spacial score (nSPS) is 15.0. The topological polar surface area (TPSA) is 69.0 Å². The number of aromatic nitrogens is 2. The predicted octanol–water partition coefficient (Wildman–Crippen LogP) is 3.87. The maximum absolute atomic E-state index is 13.1. The number of nitrogens with zero attached hydrogens (tertiary/aromatic N) is 1. The van der Waals surface area contributed by atoms with Crippen LogP contribution >= 0.6 is 0 Å². The van der Waals surface area contributed by atoms with E-state index in [0.717, 1.165) is 38.6 Å². The molecule has 0 spiro atoms. The number of imide groups is 1. The van der Waals surface area contributed by atoms with Crippen molar-refractivity contribution in [2.75, 3.05) is 7.05 Å². The van der Waals surface area contributed by atoms with Crippen LogP contribution in [0.15, 0.2) is 54.7 Å². The van der Waals surface area contributed by atoms with Crippen LogP contribution in [-0.4, -0.2) is 33.7 Å². The SMILES string of the molecule is Cc1[nH]c2ccccc2c1C1=C(c2c[nH]c3ccccc23)C(=O)N(C)C1=O. The molecule has 1 aliphatic rings. The smallest absolute Gasteiger partial charge is 0.262 e. The van der Waals surface area contributed by atoms with Gasteiger partial charge in [-0.25, -0.2) is 0 Å². The van der Waals surface area contributed by atoms with Crippen molar-refractivity contribution in [3.63, 3.8) is 0 Å². The Kier molecular flexibility index (Phi) is 3.15. The lowest BCUT2D eigenvalue weighted by Gasteiger charge is -2.06. The Morgan fingerprint density at radius 2 is 1.44 bits per heavy atom. The number of H-pyrrole nitrogens is 2. The number of carbonyl (C=O) groups excluding carboxylic acids is 2. The van der Waals surface area contributed by atoms with Gasteiger partial charge in [-0.3, -0.25) is 14.5 Å². The van der Waals surface area contributed by atoms with Crippen molar-refractivity contribution >= 4 is 44.8 Å². The fourth-order valence-corrected chi connectivity index (χ4v) is 4.00. The molecule has 0 unspecified atom stereocenters. The molecule has 1 aliphatic heterocycles. The fourth-order valence-electron chi connectivity index (χ4n) is 4.00. The molecule has 0 fully saturated rings. The Morgan fingerprint density at radius 1 is 0.815 bits per heavy atom. The third-order valence-corrected chi connectivity index (χ3v) is 5.29. The van der Waals surface area contributed by atoms with Gasteiger partial charge in [0.15, 0.2) is 0 Å². The third kappa shape index (κ3) is 2.05. The molecule has 132 valence electrons. The van der Waals surface area contributed by atoms with E-state index in [-0.39, 0.29) is 11.8 Å². The number of hydrogen-bond donors (Lipinski definition) is 2. The van der Waals surface area contributed by atoms with E-state index < -0.39 is 0 Å². The molecule has 0 atom stereocenters. The number of hydrogen-bond acceptors (Lipinski definition) is 2. The summed E-state index contributed by atoms with van der Waals surface area (Å²) in [7, 11) is 1.54. The average molecular weight is 355 g/mol. The van der Waals surface area contributed by atoms with Gasteiger partial charge >= 0.3 is 0 Å². The van der Waals surface area contributed by atoms with Crippen molar-refractivity contribution in [1.82, 2.24) is 14.9 Å². The number of aryl methyl sites for hydroxylation is 1. The number of aromatic amines is 2. The second-order valence-corrected chi connectivity index (χ2v) is 6.84. The van der Waals surface area contributed by atoms with Crippen molar-refractivity contribution in [2.45, 2.75) is 6.92 Å². The van der Waals surface area contributed by atoms with Crippen molar-refractivity contribution in [2.24, 2.45) is 0 Å². The third-order valence-electron chi connectivity index (χ3n) is 5.29. The van der Waals surface area contributed by atoms with Gasteiger partial charge in [-0.15, -0.1) is 0 Å². The van der Waals surface area contributed by atoms with E-state index >= 15 is 0 Å². The molecule has 0 bridgehead atoms. The molecule has 3 heterocycles. The minimum Gasteiger partial charge on any atom is -0.361 e. The van der Waals surface area contributed by atoms with E-state index in [4.69, 9.17) is 0 Å². The van der Waals surface area contributed by atoms with Gasteiger partial charge in [0, 0.05) is 51.9 Å². The van der Waals surface area contributed by atoms with Crippen molar-refractivity contribution in [3.8, 4) is 0 Å². The molecular formula is C22H17N3O2. The Morgan fingerprint density at radius 3 is 2.22 bits per heavy atom. The molecule has 0 saturated carbocycles. The van der Waals surface area contributed by atoms with E-state index in [1.165, 1.54) is 11.9 Å². The van der Waals surface area contributed by atoms with Gasteiger partial charge in [0.25, 0.3) is 11.8 Å². The lowest BCUT2D eigenvalue weighted by molar-refractivity contribution is -0.134. The number of likely N-dealkylation sites (N-methyl/N-ethyl adjacent to an activating group) is 1. The zero-order chi connectivity index (χ0) is 18.7. The average Bonchev–Trinajstić information content (AvgIpc) is 3.30. The largest absolute Gasteiger partial charge is 0.361 e. The van der Waals surface area contributed by atoms with Crippen LogP contribution in [0, 0.1) is 6.92 Å². The number of para-hydroxylation sites is 2. The van der Waals surface area contributed by atoms with E-state index in [9.17, 15) is 9.59 Å². The van der Waals surface area contributed by atoms with Gasteiger partial charge in [0.05, 0.1) is 11.1 Å². The monoisotopic (exact) mass is 355 g/mol. The van der Waals surface area contributed by atoms with Gasteiger partial charge < -0.3 is 9.97 Å². The van der Waals surface area contributed by atoms with Crippen LogP contribution in [0.3, 0.4) is 0 Å². The molecule has 0 aliphatic carbocycles. The van der Waals surface area contributed by atoms with Crippen LogP contribution in [-0.2, 0) is 9.59 Å². The first-order valence-corrected chi connectivity index (χ1v) is 8.78. The highest BCUT2D eigenvalue weighted by Gasteiger charge is 2.39. The summed E-state index contributed by atoms with van der Waals surface area (Å²) in [5, 5.41) is 1.87. The second kappa shape index (κ2) is 5.45. The number of amides is 2. The minimum atomic E-state index is -0.274. The Labute approximate surface area is 155 Å². The molecule has 2 aromatic heterocycles. The molecule has 5 rings (SSSR count). The van der Waals surface area contributed by atoms with Gasteiger partial charge in [-0.1, -0.05) is 36.4 Å². The van der Waals surface area contributed by atoms with Gasteiger partial charge in [0.2, 0.25) is 0 Å². The van der Waals surface area contributed by atoms with Crippen LogP contribution < -0.4 is 0 Å². The van der Waals surface area contributed by atoms with Gasteiger partial charge in [-0.05, 0) is 19.1 Å². The minimum absolute atomic E-state index is 0.270. The van der Waals surface area contributed by atoms with Crippen LogP contribution in [0.2, 0.25) is 0 Å². The Hall–Kier alpha value is -3.60. The number of nitrogens with one attached hydrogen (secondary N) is 2. The van der Waals surface area contributed by atoms with Gasteiger partial charge in [-0.2, -0.15) is 0 Å². The number of carbonyl (C=O) groups is 2. The lowest BCUT2D eigenvalue weighted by atomic mass is 9.94. The van der Waals surface area contributed by atoms with E-state index in [1.807, 2.05) is 61.7 Å². The Bertz CT molecular complexity index is 1290. The zero-order valence-electron chi connectivity index (χ0n) is 15.0. The standard InChI is InChI=1S/C22H17N3O2/c1-12-18(14-8-4-6-10-17(14)24-12)20-19(21(26)25(2)22(20)27)15-11-23-16-9-5-3-7-13(15)16/h3-11,23-24H,1-2H3. The molecule has 0 radical (unpaired) electrons. The maximum Gasteiger partial charge on any atom is 0.262 e. The van der Waals surface area contributed by atoms with Crippen LogP contribution in [0.1, 0.15) is 16.8 Å². The van der Waals surface area contributed by atoms with E-state index in [2.05, 4.69) is 9.97 Å². The molecular weight excluding hydrogens is 338 g/mol. The molecule has 2 aromatic carbocycles. The Balaban J connectivity index is 1.90. The van der Waals surface area contributed by atoms with Crippen molar-refractivity contribution in [3.05, 3.63) is 71.5 Å². The molecule has 4 aromatic rings. The van der Waals surface area contributed by atoms with Crippen molar-refractivity contribution in [1.29, 1.82) is 0 Å². The molecule has 27 heavy (non-hydrogen) atoms. The lowest BCUT2D eigenvalue weighted by Crippen LogP contribution is -2.26. The predicted molar refractivity (Wildman–Crippen MR) is 106 cm³/mol. The highest BCUT2D eigenvalue weighted by atomic mass is 16.2. The summed E-state index contributed by atoms with van der Waals surface area (Å²) in [6.45, 7) is 1.94. The van der Waals surface area contributed by atoms with Crippen LogP contribution in [0.4, 0.5) is 0 Å². The summed E-state index contributed by atoms with van der Waals surface area (Å²) in [6.07, 6.45) is 1.81. The quantitative estimate of drug-likeness (QED) is 0.536. The van der Waals surface area contributed by atoms with E-state index in [0.29, 0.717) is 11.1 Å². The van der Waals surface area contributed by atoms with Crippen LogP contribution in [0.25, 0.3) is 33.0 Å². The summed E-state index contributed by atoms with van der Waals surface area (Å²) < 4.78 is 0. The van der Waals surface area contributed by atoms with Crippen molar-refractivity contribution < 1.29 is 9.59 Å². The highest BCUT2D eigenvalue weighted by molar-refractivity contribution is 6.50. The van der Waals surface area contributed by atoms with Crippen LogP contribution in [0.5, 0.6) is 0 Å². The summed E-state index contributed by atoms with van der Waals surface area (Å²) in [6, 6.07) is 15.6. The molecule has 2 N–H and O–H groups in total.